The number of halogens is 3. The first-order chi connectivity index (χ1) is 7.90. The lowest BCUT2D eigenvalue weighted by molar-refractivity contribution is -0.135. The largest absolute Gasteiger partial charge is 0.481 e. The van der Waals surface area contributed by atoms with Gasteiger partial charge in [-0.25, -0.2) is 0 Å². The maximum absolute atomic E-state index is 11.9. The molecule has 0 fully saturated rings. The maximum Gasteiger partial charge on any atom is 0.387 e. The molecule has 0 aromatic heterocycles. The van der Waals surface area contributed by atoms with Crippen LogP contribution in [0.5, 0.6) is 5.75 Å². The lowest BCUT2D eigenvalue weighted by atomic mass is 10.1. The minimum absolute atomic E-state index is 0.0269. The molecule has 0 heterocycles. The van der Waals surface area contributed by atoms with Gasteiger partial charge in [0, 0.05) is 5.56 Å². The van der Waals surface area contributed by atoms with Gasteiger partial charge in [-0.1, -0.05) is 11.6 Å². The second-order valence-corrected chi connectivity index (χ2v) is 3.42. The monoisotopic (exact) mass is 264 g/mol. The van der Waals surface area contributed by atoms with E-state index >= 15 is 0 Å². The van der Waals surface area contributed by atoms with E-state index in [1.54, 1.807) is 0 Å². The Kier molecular flexibility index (Phi) is 4.39. The Morgan fingerprint density at radius 3 is 2.53 bits per heavy atom. The number of carboxylic acids is 1. The van der Waals surface area contributed by atoms with E-state index < -0.39 is 24.8 Å². The highest BCUT2D eigenvalue weighted by molar-refractivity contribution is 6.32. The van der Waals surface area contributed by atoms with Crippen molar-refractivity contribution in [3.8, 4) is 5.75 Å². The summed E-state index contributed by atoms with van der Waals surface area (Å²) in [4.78, 5) is 21.6. The third-order valence-corrected chi connectivity index (χ3v) is 2.08. The van der Waals surface area contributed by atoms with Crippen molar-refractivity contribution in [2.24, 2.45) is 0 Å². The molecule has 1 aromatic rings. The van der Waals surface area contributed by atoms with Crippen molar-refractivity contribution < 1.29 is 28.2 Å². The Morgan fingerprint density at radius 1 is 1.41 bits per heavy atom. The fourth-order valence-electron chi connectivity index (χ4n) is 1.11. The number of ether oxygens (including phenoxy) is 1. The van der Waals surface area contributed by atoms with Crippen molar-refractivity contribution in [1.82, 2.24) is 0 Å². The number of benzene rings is 1. The fraction of sp³-hybridized carbons (Fsp3) is 0.200. The van der Waals surface area contributed by atoms with Crippen LogP contribution < -0.4 is 4.74 Å². The average Bonchev–Trinajstić information content (AvgIpc) is 2.19. The summed E-state index contributed by atoms with van der Waals surface area (Å²) in [6.07, 6.45) is -0.689. The van der Waals surface area contributed by atoms with Crippen LogP contribution in [0.15, 0.2) is 18.2 Å². The van der Waals surface area contributed by atoms with E-state index in [2.05, 4.69) is 4.74 Å². The minimum Gasteiger partial charge on any atom is -0.481 e. The van der Waals surface area contributed by atoms with Crippen molar-refractivity contribution in [3.05, 3.63) is 28.8 Å². The number of carbonyl (C=O) groups excluding carboxylic acids is 1. The summed E-state index contributed by atoms with van der Waals surface area (Å²) in [6.45, 7) is -3.02. The zero-order valence-corrected chi connectivity index (χ0v) is 9.08. The lowest BCUT2D eigenvalue weighted by Crippen LogP contribution is -2.07. The predicted octanol–water partition coefficient (Wildman–Crippen LogP) is 2.60. The molecule has 0 atom stereocenters. The van der Waals surface area contributed by atoms with Crippen LogP contribution in [-0.4, -0.2) is 23.5 Å². The maximum atomic E-state index is 11.9. The highest BCUT2D eigenvalue weighted by Crippen LogP contribution is 2.27. The number of rotatable bonds is 5. The van der Waals surface area contributed by atoms with E-state index in [1.807, 2.05) is 0 Å². The second kappa shape index (κ2) is 5.58. The average molecular weight is 265 g/mol. The van der Waals surface area contributed by atoms with E-state index in [0.717, 1.165) is 12.1 Å². The molecule has 0 aliphatic carbocycles. The Labute approximate surface area is 99.8 Å². The van der Waals surface area contributed by atoms with Gasteiger partial charge in [0.05, 0.1) is 5.02 Å². The molecule has 4 nitrogen and oxygen atoms in total. The Balaban J connectivity index is 2.88. The summed E-state index contributed by atoms with van der Waals surface area (Å²) < 4.78 is 27.9. The van der Waals surface area contributed by atoms with Crippen molar-refractivity contribution in [2.45, 2.75) is 13.0 Å². The SMILES string of the molecule is O=C(O)CC(=O)c1ccc(OC(F)F)c(Cl)c1. The number of Topliss-reactive ketones (excluding diaryl/α,β-unsaturated/α-hetero) is 1. The first-order valence-electron chi connectivity index (χ1n) is 4.39. The molecule has 1 rings (SSSR count). The zero-order chi connectivity index (χ0) is 13.0. The number of aliphatic carboxylic acids is 1. The molecule has 0 spiro atoms. The summed E-state index contributed by atoms with van der Waals surface area (Å²) in [5.41, 5.74) is 0.0269. The summed E-state index contributed by atoms with van der Waals surface area (Å²) in [6, 6.07) is 3.35. The van der Waals surface area contributed by atoms with Gasteiger partial charge in [0.15, 0.2) is 5.78 Å². The lowest BCUT2D eigenvalue weighted by Gasteiger charge is -2.07. The standard InChI is InChI=1S/C10H7ClF2O4/c11-6-3-5(7(14)4-9(15)16)1-2-8(6)17-10(12)13/h1-3,10H,4H2,(H,15,16). The predicted molar refractivity (Wildman–Crippen MR) is 54.7 cm³/mol. The van der Waals surface area contributed by atoms with Crippen LogP contribution in [0.1, 0.15) is 16.8 Å². The molecule has 0 aliphatic heterocycles. The van der Waals surface area contributed by atoms with Gasteiger partial charge < -0.3 is 9.84 Å². The Bertz CT molecular complexity index is 448. The second-order valence-electron chi connectivity index (χ2n) is 3.02. The summed E-state index contributed by atoms with van der Waals surface area (Å²) in [7, 11) is 0. The number of hydrogen-bond donors (Lipinski definition) is 1. The molecule has 7 heteroatoms. The summed E-state index contributed by atoms with van der Waals surface area (Å²) >= 11 is 5.60. The Hall–Kier alpha value is -1.69. The molecule has 1 N–H and O–H groups in total. The normalized spacial score (nSPS) is 10.4. The molecule has 0 bridgehead atoms. The zero-order valence-electron chi connectivity index (χ0n) is 8.32. The van der Waals surface area contributed by atoms with Crippen LogP contribution in [0.2, 0.25) is 5.02 Å². The molecule has 0 aliphatic rings. The molecule has 0 unspecified atom stereocenters. The molecule has 0 radical (unpaired) electrons. The van der Waals surface area contributed by atoms with E-state index in [-0.39, 0.29) is 16.3 Å². The molecular weight excluding hydrogens is 258 g/mol. The minimum atomic E-state index is -3.02. The molecular formula is C10H7ClF2O4. The highest BCUT2D eigenvalue weighted by Gasteiger charge is 2.14. The van der Waals surface area contributed by atoms with Gasteiger partial charge >= 0.3 is 12.6 Å². The van der Waals surface area contributed by atoms with E-state index in [9.17, 15) is 18.4 Å². The van der Waals surface area contributed by atoms with E-state index in [0.29, 0.717) is 0 Å². The van der Waals surface area contributed by atoms with Crippen molar-refractivity contribution in [3.63, 3.8) is 0 Å². The smallest absolute Gasteiger partial charge is 0.387 e. The van der Waals surface area contributed by atoms with Gasteiger partial charge in [-0.2, -0.15) is 8.78 Å². The molecule has 0 saturated heterocycles. The number of alkyl halides is 2. The summed E-state index contributed by atoms with van der Waals surface area (Å²) in [5, 5.41) is 8.23. The first kappa shape index (κ1) is 13.4. The van der Waals surface area contributed by atoms with Gasteiger partial charge in [-0.05, 0) is 18.2 Å². The van der Waals surface area contributed by atoms with Gasteiger partial charge in [0.2, 0.25) is 0 Å². The molecule has 0 saturated carbocycles. The van der Waals surface area contributed by atoms with Crippen molar-refractivity contribution in [2.75, 3.05) is 0 Å². The number of carboxylic acid groups (broad SMARTS) is 1. The fourth-order valence-corrected chi connectivity index (χ4v) is 1.33. The summed E-state index contributed by atoms with van der Waals surface area (Å²) in [5.74, 6) is -2.21. The van der Waals surface area contributed by atoms with Gasteiger partial charge in [0.25, 0.3) is 0 Å². The van der Waals surface area contributed by atoms with Crippen LogP contribution in [0.3, 0.4) is 0 Å². The van der Waals surface area contributed by atoms with Crippen LogP contribution >= 0.6 is 11.6 Å². The van der Waals surface area contributed by atoms with Crippen LogP contribution in [0, 0.1) is 0 Å². The van der Waals surface area contributed by atoms with E-state index in [4.69, 9.17) is 16.7 Å². The topological polar surface area (TPSA) is 63.6 Å². The third-order valence-electron chi connectivity index (χ3n) is 1.78. The van der Waals surface area contributed by atoms with E-state index in [1.165, 1.54) is 6.07 Å². The van der Waals surface area contributed by atoms with Gasteiger partial charge in [-0.15, -0.1) is 0 Å². The quantitative estimate of drug-likeness (QED) is 0.656. The van der Waals surface area contributed by atoms with Gasteiger partial charge in [-0.3, -0.25) is 9.59 Å². The van der Waals surface area contributed by atoms with Crippen LogP contribution in [0.25, 0.3) is 0 Å². The van der Waals surface area contributed by atoms with Gasteiger partial charge in [0.1, 0.15) is 12.2 Å². The molecule has 92 valence electrons. The molecule has 0 amide bonds. The first-order valence-corrected chi connectivity index (χ1v) is 4.77. The number of hydrogen-bond acceptors (Lipinski definition) is 3. The number of carbonyl (C=O) groups is 2. The number of ketones is 1. The van der Waals surface area contributed by atoms with Crippen LogP contribution in [-0.2, 0) is 4.79 Å². The highest BCUT2D eigenvalue weighted by atomic mass is 35.5. The molecule has 17 heavy (non-hydrogen) atoms. The Morgan fingerprint density at radius 2 is 2.06 bits per heavy atom. The molecule has 1 aromatic carbocycles. The third kappa shape index (κ3) is 3.99. The van der Waals surface area contributed by atoms with Crippen molar-refractivity contribution >= 4 is 23.4 Å². The van der Waals surface area contributed by atoms with Crippen LogP contribution in [0.4, 0.5) is 8.78 Å². The van der Waals surface area contributed by atoms with Crippen molar-refractivity contribution in [1.29, 1.82) is 0 Å².